The van der Waals surface area contributed by atoms with Crippen LogP contribution in [0.4, 0.5) is 4.39 Å². The molecule has 0 heterocycles. The Balaban J connectivity index is 0.00000529. The van der Waals surface area contributed by atoms with E-state index in [1.54, 1.807) is 6.07 Å². The topological polar surface area (TPSA) is 70.6 Å². The summed E-state index contributed by atoms with van der Waals surface area (Å²) in [5.74, 6) is 0.589. The van der Waals surface area contributed by atoms with E-state index in [0.29, 0.717) is 25.5 Å². The molecule has 0 bridgehead atoms. The Hall–Kier alpha value is -0.900. The first-order chi connectivity index (χ1) is 10.8. The molecule has 1 aromatic rings. The molecule has 138 valence electrons. The highest BCUT2D eigenvalue weighted by atomic mass is 127. The van der Waals surface area contributed by atoms with E-state index in [9.17, 15) is 12.8 Å². The molecule has 0 unspecified atom stereocenters. The number of benzene rings is 1. The van der Waals surface area contributed by atoms with Crippen molar-refractivity contribution in [2.45, 2.75) is 26.7 Å². The quantitative estimate of drug-likeness (QED) is 0.264. The van der Waals surface area contributed by atoms with E-state index in [1.807, 2.05) is 13.8 Å². The van der Waals surface area contributed by atoms with Crippen LogP contribution in [0, 0.1) is 12.7 Å². The van der Waals surface area contributed by atoms with Gasteiger partial charge in [0.25, 0.3) is 0 Å². The molecule has 8 heteroatoms. The summed E-state index contributed by atoms with van der Waals surface area (Å²) in [6.45, 7) is 5.72. The summed E-state index contributed by atoms with van der Waals surface area (Å²) in [5, 5.41) is 6.32. The summed E-state index contributed by atoms with van der Waals surface area (Å²) in [7, 11) is -2.94. The van der Waals surface area contributed by atoms with Gasteiger partial charge in [0.15, 0.2) is 5.96 Å². The molecule has 0 saturated carbocycles. The minimum absolute atomic E-state index is 0. The molecule has 0 aliphatic rings. The lowest BCUT2D eigenvalue weighted by Crippen LogP contribution is -2.38. The number of halogens is 2. The van der Waals surface area contributed by atoms with E-state index >= 15 is 0 Å². The average Bonchev–Trinajstić information content (AvgIpc) is 2.44. The van der Waals surface area contributed by atoms with Crippen molar-refractivity contribution in [3.63, 3.8) is 0 Å². The molecule has 5 nitrogen and oxygen atoms in total. The van der Waals surface area contributed by atoms with E-state index in [-0.39, 0.29) is 35.5 Å². The third-order valence-electron chi connectivity index (χ3n) is 3.28. The van der Waals surface area contributed by atoms with Crippen LogP contribution >= 0.6 is 24.0 Å². The van der Waals surface area contributed by atoms with Gasteiger partial charge in [-0.1, -0.05) is 6.07 Å². The second-order valence-corrected chi connectivity index (χ2v) is 7.75. The van der Waals surface area contributed by atoms with Crippen molar-refractivity contribution >= 4 is 39.8 Å². The summed E-state index contributed by atoms with van der Waals surface area (Å²) in [4.78, 5) is 4.35. The number of nitrogens with zero attached hydrogens (tertiary/aromatic N) is 1. The van der Waals surface area contributed by atoms with Gasteiger partial charge in [-0.3, -0.25) is 4.99 Å². The monoisotopic (exact) mass is 471 g/mol. The number of rotatable bonds is 8. The van der Waals surface area contributed by atoms with E-state index < -0.39 is 9.84 Å². The predicted octanol–water partition coefficient (Wildman–Crippen LogP) is 2.28. The van der Waals surface area contributed by atoms with E-state index in [0.717, 1.165) is 24.1 Å². The predicted molar refractivity (Wildman–Crippen MR) is 109 cm³/mol. The first-order valence-corrected chi connectivity index (χ1v) is 9.83. The maximum Gasteiger partial charge on any atom is 0.191 e. The normalized spacial score (nSPS) is 11.8. The van der Waals surface area contributed by atoms with Crippen LogP contribution in [0.2, 0.25) is 0 Å². The summed E-state index contributed by atoms with van der Waals surface area (Å²) < 4.78 is 35.2. The summed E-state index contributed by atoms with van der Waals surface area (Å²) in [6.07, 6.45) is 2.50. The first kappa shape index (κ1) is 23.1. The number of sulfone groups is 1. The number of nitrogens with one attached hydrogen (secondary N) is 2. The molecule has 0 aromatic heterocycles. The van der Waals surface area contributed by atoms with Crippen LogP contribution in [-0.2, 0) is 16.3 Å². The summed E-state index contributed by atoms with van der Waals surface area (Å²) in [5.41, 5.74) is 2.02. The number of guanidine groups is 1. The highest BCUT2D eigenvalue weighted by Crippen LogP contribution is 2.10. The number of aliphatic imine (C=N–C) groups is 1. The van der Waals surface area contributed by atoms with Gasteiger partial charge in [-0.2, -0.15) is 0 Å². The molecule has 0 fully saturated rings. The van der Waals surface area contributed by atoms with Gasteiger partial charge in [0.1, 0.15) is 15.7 Å². The van der Waals surface area contributed by atoms with Crippen LogP contribution in [-0.4, -0.2) is 46.0 Å². The Bertz CT molecular complexity index is 636. The first-order valence-electron chi connectivity index (χ1n) is 7.76. The third kappa shape index (κ3) is 10.1. The van der Waals surface area contributed by atoms with Crippen molar-refractivity contribution in [3.05, 3.63) is 35.1 Å². The van der Waals surface area contributed by atoms with E-state index in [4.69, 9.17) is 0 Å². The third-order valence-corrected chi connectivity index (χ3v) is 4.31. The number of aryl methyl sites for hydroxylation is 1. The van der Waals surface area contributed by atoms with Crippen LogP contribution in [0.5, 0.6) is 0 Å². The zero-order chi connectivity index (χ0) is 17.3. The highest BCUT2D eigenvalue weighted by Gasteiger charge is 2.03. The lowest BCUT2D eigenvalue weighted by atomic mass is 10.1. The Morgan fingerprint density at radius 2 is 2.00 bits per heavy atom. The maximum atomic E-state index is 13.1. The van der Waals surface area contributed by atoms with Crippen molar-refractivity contribution in [1.29, 1.82) is 0 Å². The Morgan fingerprint density at radius 1 is 1.29 bits per heavy atom. The Kier molecular flexibility index (Phi) is 11.2. The number of hydrogen-bond acceptors (Lipinski definition) is 3. The standard InChI is InChI=1S/C16H26FN3O2S.HI/c1-4-18-16(19-9-5-11-23(3,21)22)20-10-8-14-6-7-15(17)12-13(14)2;/h6-7,12H,4-5,8-11H2,1-3H3,(H2,18,19,20);1H. The molecule has 0 saturated heterocycles. The van der Waals surface area contributed by atoms with Crippen LogP contribution in [0.25, 0.3) is 0 Å². The molecular formula is C16H27FIN3O2S. The van der Waals surface area contributed by atoms with Gasteiger partial charge < -0.3 is 10.6 Å². The molecule has 1 aromatic carbocycles. The van der Waals surface area contributed by atoms with Crippen LogP contribution in [0.15, 0.2) is 23.2 Å². The van der Waals surface area contributed by atoms with Crippen molar-refractivity contribution in [2.75, 3.05) is 31.6 Å². The van der Waals surface area contributed by atoms with Gasteiger partial charge in [0.2, 0.25) is 0 Å². The van der Waals surface area contributed by atoms with Crippen molar-refractivity contribution in [2.24, 2.45) is 4.99 Å². The molecular weight excluding hydrogens is 444 g/mol. The van der Waals surface area contributed by atoms with Gasteiger partial charge in [-0.25, -0.2) is 12.8 Å². The van der Waals surface area contributed by atoms with Gasteiger partial charge in [0.05, 0.1) is 5.75 Å². The fourth-order valence-corrected chi connectivity index (χ4v) is 2.77. The van der Waals surface area contributed by atoms with Gasteiger partial charge in [0, 0.05) is 25.9 Å². The largest absolute Gasteiger partial charge is 0.357 e. The van der Waals surface area contributed by atoms with Crippen molar-refractivity contribution in [1.82, 2.24) is 10.6 Å². The molecule has 0 spiro atoms. The lowest BCUT2D eigenvalue weighted by molar-refractivity contribution is 0.599. The number of hydrogen-bond donors (Lipinski definition) is 2. The van der Waals surface area contributed by atoms with E-state index in [1.165, 1.54) is 18.4 Å². The fraction of sp³-hybridized carbons (Fsp3) is 0.562. The second-order valence-electron chi connectivity index (χ2n) is 5.49. The second kappa shape index (κ2) is 11.6. The lowest BCUT2D eigenvalue weighted by Gasteiger charge is -2.12. The van der Waals surface area contributed by atoms with Crippen LogP contribution in [0.1, 0.15) is 24.5 Å². The molecule has 24 heavy (non-hydrogen) atoms. The van der Waals surface area contributed by atoms with Crippen LogP contribution < -0.4 is 10.6 Å². The van der Waals surface area contributed by atoms with Gasteiger partial charge in [-0.05, 0) is 49.9 Å². The Labute approximate surface area is 161 Å². The summed E-state index contributed by atoms with van der Waals surface area (Å²) in [6, 6.07) is 4.79. The van der Waals surface area contributed by atoms with Crippen LogP contribution in [0.3, 0.4) is 0 Å². The fourth-order valence-electron chi connectivity index (χ4n) is 2.11. The molecule has 0 aliphatic heterocycles. The van der Waals surface area contributed by atoms with Crippen molar-refractivity contribution < 1.29 is 12.8 Å². The molecule has 0 amide bonds. The minimum Gasteiger partial charge on any atom is -0.357 e. The average molecular weight is 471 g/mol. The molecule has 0 radical (unpaired) electrons. The van der Waals surface area contributed by atoms with Gasteiger partial charge >= 0.3 is 0 Å². The smallest absolute Gasteiger partial charge is 0.191 e. The van der Waals surface area contributed by atoms with Gasteiger partial charge in [-0.15, -0.1) is 24.0 Å². The zero-order valence-electron chi connectivity index (χ0n) is 14.4. The zero-order valence-corrected chi connectivity index (χ0v) is 17.6. The molecule has 2 N–H and O–H groups in total. The molecule has 1 rings (SSSR count). The molecule has 0 aliphatic carbocycles. The summed E-state index contributed by atoms with van der Waals surface area (Å²) >= 11 is 0. The highest BCUT2D eigenvalue weighted by molar-refractivity contribution is 14.0. The van der Waals surface area contributed by atoms with E-state index in [2.05, 4.69) is 15.6 Å². The SMILES string of the molecule is CCNC(=NCCCS(C)(=O)=O)NCCc1ccc(F)cc1C.I. The van der Waals surface area contributed by atoms with Crippen molar-refractivity contribution in [3.8, 4) is 0 Å². The maximum absolute atomic E-state index is 13.1. The minimum atomic E-state index is -2.94. The molecule has 0 atom stereocenters. The Morgan fingerprint density at radius 3 is 2.58 bits per heavy atom.